The highest BCUT2D eigenvalue weighted by Gasteiger charge is 2.20. The van der Waals surface area contributed by atoms with E-state index in [9.17, 15) is 14.9 Å². The molecule has 3 rings (SSSR count). The lowest BCUT2D eigenvalue weighted by Gasteiger charge is -2.13. The number of nitro benzene ring substituents is 1. The number of aromatic amines is 1. The van der Waals surface area contributed by atoms with E-state index in [4.69, 9.17) is 4.74 Å². The number of ether oxygens (including phenoxy) is 1. The van der Waals surface area contributed by atoms with Crippen LogP contribution in [0, 0.1) is 17.0 Å². The molecule has 150 valence electrons. The number of aromatic nitrogens is 3. The summed E-state index contributed by atoms with van der Waals surface area (Å²) in [5.74, 6) is 0.533. The number of nitrogens with zero attached hydrogens (tertiary/aromatic N) is 3. The van der Waals surface area contributed by atoms with Gasteiger partial charge in [0, 0.05) is 11.6 Å². The molecule has 1 atom stereocenters. The number of amides is 1. The molecule has 1 aromatic heterocycles. The number of nitrogens with one attached hydrogen (secondary N) is 2. The number of aryl methyl sites for hydroxylation is 1. The zero-order chi connectivity index (χ0) is 21.0. The maximum Gasteiger partial charge on any atom is 0.273 e. The molecule has 0 saturated carbocycles. The first-order chi connectivity index (χ1) is 13.9. The Bertz CT molecular complexity index is 1040. The van der Waals surface area contributed by atoms with Crippen LogP contribution in [0.1, 0.15) is 12.5 Å². The normalized spacial score (nSPS) is 11.7. The quantitative estimate of drug-likeness (QED) is 0.343. The maximum absolute atomic E-state index is 12.5. The lowest BCUT2D eigenvalue weighted by atomic mass is 10.1. The lowest BCUT2D eigenvalue weighted by Crippen LogP contribution is -2.22. The Balaban J connectivity index is 1.67. The van der Waals surface area contributed by atoms with Crippen molar-refractivity contribution in [2.24, 2.45) is 0 Å². The minimum Gasteiger partial charge on any atom is -0.494 e. The van der Waals surface area contributed by atoms with Crippen LogP contribution in [0.5, 0.6) is 5.75 Å². The van der Waals surface area contributed by atoms with Crippen LogP contribution in [0.25, 0.3) is 11.4 Å². The summed E-state index contributed by atoms with van der Waals surface area (Å²) >= 11 is 1.20. The number of thioether (sulfide) groups is 1. The van der Waals surface area contributed by atoms with Crippen LogP contribution in [0.3, 0.4) is 0 Å². The zero-order valence-corrected chi connectivity index (χ0v) is 16.8. The number of non-ortho nitro benzene ring substituents is 1. The van der Waals surface area contributed by atoms with E-state index in [0.717, 1.165) is 11.1 Å². The fraction of sp³-hybridized carbons (Fsp3) is 0.211. The molecule has 9 nitrogen and oxygen atoms in total. The van der Waals surface area contributed by atoms with Crippen molar-refractivity contribution in [1.82, 2.24) is 15.2 Å². The Morgan fingerprint density at radius 3 is 2.66 bits per heavy atom. The third-order valence-corrected chi connectivity index (χ3v) is 5.06. The summed E-state index contributed by atoms with van der Waals surface area (Å²) in [7, 11) is 1.38. The van der Waals surface area contributed by atoms with Gasteiger partial charge in [0.05, 0.1) is 29.0 Å². The van der Waals surface area contributed by atoms with E-state index in [-0.39, 0.29) is 17.3 Å². The summed E-state index contributed by atoms with van der Waals surface area (Å²) in [4.78, 5) is 27.3. The average molecular weight is 413 g/mol. The average Bonchev–Trinajstić information content (AvgIpc) is 3.17. The third-order valence-electron chi connectivity index (χ3n) is 4.10. The number of hydrogen-bond acceptors (Lipinski definition) is 7. The predicted octanol–water partition coefficient (Wildman–Crippen LogP) is 3.82. The van der Waals surface area contributed by atoms with E-state index in [1.165, 1.54) is 37.1 Å². The molecule has 1 heterocycles. The van der Waals surface area contributed by atoms with Crippen LogP contribution < -0.4 is 10.1 Å². The van der Waals surface area contributed by atoms with Crippen molar-refractivity contribution >= 4 is 29.0 Å². The van der Waals surface area contributed by atoms with Crippen molar-refractivity contribution in [2.75, 3.05) is 12.4 Å². The minimum atomic E-state index is -0.526. The molecule has 0 radical (unpaired) electrons. The molecule has 3 aromatic rings. The monoisotopic (exact) mass is 413 g/mol. The number of carbonyl (C=O) groups is 1. The van der Waals surface area contributed by atoms with E-state index in [1.54, 1.807) is 6.92 Å². The van der Waals surface area contributed by atoms with Crippen LogP contribution in [0.4, 0.5) is 11.4 Å². The molecule has 29 heavy (non-hydrogen) atoms. The van der Waals surface area contributed by atoms with E-state index >= 15 is 0 Å². The Hall–Kier alpha value is -3.40. The first-order valence-electron chi connectivity index (χ1n) is 8.66. The summed E-state index contributed by atoms with van der Waals surface area (Å²) < 4.78 is 5.14. The van der Waals surface area contributed by atoms with Crippen molar-refractivity contribution < 1.29 is 14.5 Å². The molecule has 0 bridgehead atoms. The fourth-order valence-corrected chi connectivity index (χ4v) is 3.21. The number of hydrogen-bond donors (Lipinski definition) is 2. The standard InChI is InChI=1S/C19H19N5O4S/c1-11-4-6-13(7-5-11)17-21-19(23-22-17)29-12(2)18(25)20-15-9-8-14(24(26)27)10-16(15)28-3/h4-10,12H,1-3H3,(H,20,25)(H,21,22,23)/t12-/m1/s1. The van der Waals surface area contributed by atoms with Gasteiger partial charge in [-0.2, -0.15) is 0 Å². The Morgan fingerprint density at radius 1 is 1.28 bits per heavy atom. The molecular formula is C19H19N5O4S. The summed E-state index contributed by atoms with van der Waals surface area (Å²) in [5.41, 5.74) is 2.29. The van der Waals surface area contributed by atoms with Crippen LogP contribution in [-0.2, 0) is 4.79 Å². The molecule has 10 heteroatoms. The molecule has 1 amide bonds. The second-order valence-corrected chi connectivity index (χ2v) is 7.53. The van der Waals surface area contributed by atoms with Gasteiger partial charge in [-0.1, -0.05) is 41.6 Å². The first-order valence-corrected chi connectivity index (χ1v) is 9.54. The van der Waals surface area contributed by atoms with Crippen LogP contribution in [0.15, 0.2) is 47.6 Å². The van der Waals surface area contributed by atoms with E-state index in [0.29, 0.717) is 16.7 Å². The number of methoxy groups -OCH3 is 1. The number of carbonyl (C=O) groups excluding carboxylic acids is 1. The summed E-state index contributed by atoms with van der Waals surface area (Å²) in [6.07, 6.45) is 0. The van der Waals surface area contributed by atoms with Gasteiger partial charge in [-0.3, -0.25) is 20.0 Å². The van der Waals surface area contributed by atoms with Gasteiger partial charge < -0.3 is 10.1 Å². The first kappa shape index (κ1) is 20.3. The number of anilines is 1. The third kappa shape index (κ3) is 4.91. The zero-order valence-electron chi connectivity index (χ0n) is 16.0. The van der Waals surface area contributed by atoms with Crippen molar-refractivity contribution in [3.8, 4) is 17.1 Å². The van der Waals surface area contributed by atoms with Crippen LogP contribution >= 0.6 is 11.8 Å². The van der Waals surface area contributed by atoms with Gasteiger partial charge >= 0.3 is 0 Å². The van der Waals surface area contributed by atoms with Gasteiger partial charge in [-0.25, -0.2) is 4.98 Å². The highest BCUT2D eigenvalue weighted by molar-refractivity contribution is 8.00. The largest absolute Gasteiger partial charge is 0.494 e. The van der Waals surface area contributed by atoms with Gasteiger partial charge in [-0.15, -0.1) is 5.10 Å². The second kappa shape index (κ2) is 8.74. The van der Waals surface area contributed by atoms with Gasteiger partial charge in [-0.05, 0) is 19.9 Å². The molecule has 0 aliphatic carbocycles. The number of benzene rings is 2. The Morgan fingerprint density at radius 2 is 2.00 bits per heavy atom. The van der Waals surface area contributed by atoms with E-state index < -0.39 is 10.2 Å². The molecule has 0 spiro atoms. The van der Waals surface area contributed by atoms with Gasteiger partial charge in [0.15, 0.2) is 5.82 Å². The Kier molecular flexibility index (Phi) is 6.13. The van der Waals surface area contributed by atoms with Gasteiger partial charge in [0.25, 0.3) is 5.69 Å². The summed E-state index contributed by atoms with van der Waals surface area (Å²) in [6, 6.07) is 11.9. The van der Waals surface area contributed by atoms with Crippen LogP contribution in [-0.4, -0.2) is 38.4 Å². The smallest absolute Gasteiger partial charge is 0.273 e. The highest BCUT2D eigenvalue weighted by atomic mass is 32.2. The molecule has 0 saturated heterocycles. The maximum atomic E-state index is 12.5. The van der Waals surface area contributed by atoms with Crippen LogP contribution in [0.2, 0.25) is 0 Å². The second-order valence-electron chi connectivity index (χ2n) is 6.22. The van der Waals surface area contributed by atoms with Crippen molar-refractivity contribution in [3.63, 3.8) is 0 Å². The van der Waals surface area contributed by atoms with Gasteiger partial charge in [0.1, 0.15) is 5.75 Å². The summed E-state index contributed by atoms with van der Waals surface area (Å²) in [5, 5.41) is 20.6. The molecule has 0 fully saturated rings. The van der Waals surface area contributed by atoms with Crippen molar-refractivity contribution in [1.29, 1.82) is 0 Å². The number of H-pyrrole nitrogens is 1. The lowest BCUT2D eigenvalue weighted by molar-refractivity contribution is -0.384. The van der Waals surface area contributed by atoms with E-state index in [1.807, 2.05) is 31.2 Å². The van der Waals surface area contributed by atoms with Gasteiger partial charge in [0.2, 0.25) is 11.1 Å². The molecule has 0 aliphatic rings. The Labute approximate surface area is 171 Å². The topological polar surface area (TPSA) is 123 Å². The number of nitro groups is 1. The molecule has 0 aliphatic heterocycles. The fourth-order valence-electron chi connectivity index (χ4n) is 2.48. The molecule has 2 N–H and O–H groups in total. The molecule has 2 aromatic carbocycles. The summed E-state index contributed by atoms with van der Waals surface area (Å²) in [6.45, 7) is 3.73. The van der Waals surface area contributed by atoms with Crippen molar-refractivity contribution in [3.05, 3.63) is 58.1 Å². The molecular weight excluding hydrogens is 394 g/mol. The SMILES string of the molecule is COc1cc([N+](=O)[O-])ccc1NC(=O)[C@@H](C)Sc1n[nH]c(-c2ccc(C)cc2)n1. The highest BCUT2D eigenvalue weighted by Crippen LogP contribution is 2.30. The molecule has 0 unspecified atom stereocenters. The predicted molar refractivity (Wildman–Crippen MR) is 110 cm³/mol. The van der Waals surface area contributed by atoms with Crippen molar-refractivity contribution in [2.45, 2.75) is 24.3 Å². The minimum absolute atomic E-state index is 0.119. The number of rotatable bonds is 7. The van der Waals surface area contributed by atoms with E-state index in [2.05, 4.69) is 20.5 Å².